The molecule has 3 rings (SSSR count). The van der Waals surface area contributed by atoms with Gasteiger partial charge in [0.25, 0.3) is 0 Å². The van der Waals surface area contributed by atoms with Crippen LogP contribution in [0.3, 0.4) is 0 Å². The van der Waals surface area contributed by atoms with Crippen LogP contribution in [0, 0.1) is 17.8 Å². The van der Waals surface area contributed by atoms with Crippen molar-refractivity contribution in [1.82, 2.24) is 5.32 Å². The molecule has 1 saturated heterocycles. The topological polar surface area (TPSA) is 12.0 Å². The molecular formula is C17H31NS. The smallest absolute Gasteiger partial charge is 0.0285 e. The fraction of sp³-hybridized carbons (Fsp3) is 1.00. The number of fused-ring (bicyclic) bond motifs is 2. The van der Waals surface area contributed by atoms with E-state index in [0.29, 0.717) is 4.75 Å². The fourth-order valence-electron chi connectivity index (χ4n) is 4.91. The van der Waals surface area contributed by atoms with Gasteiger partial charge in [-0.1, -0.05) is 13.3 Å². The molecule has 2 heteroatoms. The number of rotatable bonds is 6. The molecule has 3 aliphatic rings. The van der Waals surface area contributed by atoms with Gasteiger partial charge in [-0.15, -0.1) is 0 Å². The Hall–Kier alpha value is 0.310. The molecule has 3 fully saturated rings. The Morgan fingerprint density at radius 3 is 2.79 bits per heavy atom. The number of hydrogen-bond donors (Lipinski definition) is 1. The quantitative estimate of drug-likeness (QED) is 0.771. The highest BCUT2D eigenvalue weighted by atomic mass is 32.2. The lowest BCUT2D eigenvalue weighted by Crippen LogP contribution is -2.47. The Morgan fingerprint density at radius 2 is 2.21 bits per heavy atom. The molecule has 5 unspecified atom stereocenters. The fourth-order valence-corrected chi connectivity index (χ4v) is 6.33. The molecule has 0 radical (unpaired) electrons. The first-order chi connectivity index (χ1) is 9.21. The minimum absolute atomic E-state index is 0.525. The van der Waals surface area contributed by atoms with Crippen molar-refractivity contribution >= 4 is 11.8 Å². The minimum Gasteiger partial charge on any atom is -0.313 e. The normalized spacial score (nSPS) is 42.9. The maximum Gasteiger partial charge on any atom is 0.0285 e. The summed E-state index contributed by atoms with van der Waals surface area (Å²) in [5, 5.41) is 3.92. The predicted molar refractivity (Wildman–Crippen MR) is 85.7 cm³/mol. The van der Waals surface area contributed by atoms with Crippen molar-refractivity contribution in [2.75, 3.05) is 12.3 Å². The van der Waals surface area contributed by atoms with E-state index < -0.39 is 0 Å². The third-order valence-corrected chi connectivity index (χ3v) is 7.69. The van der Waals surface area contributed by atoms with Crippen molar-refractivity contribution in [1.29, 1.82) is 0 Å². The molecule has 1 N–H and O–H groups in total. The first kappa shape index (κ1) is 14.3. The molecular weight excluding hydrogens is 250 g/mol. The molecule has 0 aromatic rings. The van der Waals surface area contributed by atoms with Crippen LogP contribution in [-0.4, -0.2) is 23.1 Å². The van der Waals surface area contributed by atoms with Gasteiger partial charge < -0.3 is 5.32 Å². The average Bonchev–Trinajstić information content (AvgIpc) is 3.11. The van der Waals surface area contributed by atoms with Crippen LogP contribution in [0.5, 0.6) is 0 Å². The molecule has 110 valence electrons. The summed E-state index contributed by atoms with van der Waals surface area (Å²) in [6.45, 7) is 6.04. The van der Waals surface area contributed by atoms with Gasteiger partial charge in [-0.25, -0.2) is 0 Å². The predicted octanol–water partition coefficient (Wildman–Crippen LogP) is 4.47. The first-order valence-corrected chi connectivity index (χ1v) is 9.57. The van der Waals surface area contributed by atoms with Gasteiger partial charge in [-0.2, -0.15) is 11.8 Å². The third-order valence-electron chi connectivity index (χ3n) is 6.05. The average molecular weight is 282 g/mol. The van der Waals surface area contributed by atoms with E-state index in [0.717, 1.165) is 23.8 Å². The van der Waals surface area contributed by atoms with Crippen molar-refractivity contribution in [3.63, 3.8) is 0 Å². The third kappa shape index (κ3) is 3.00. The summed E-state index contributed by atoms with van der Waals surface area (Å²) >= 11 is 2.24. The molecule has 5 atom stereocenters. The summed E-state index contributed by atoms with van der Waals surface area (Å²) in [6.07, 6.45) is 11.8. The van der Waals surface area contributed by atoms with Gasteiger partial charge in [-0.3, -0.25) is 0 Å². The van der Waals surface area contributed by atoms with Gasteiger partial charge in [0.15, 0.2) is 0 Å². The van der Waals surface area contributed by atoms with Crippen LogP contribution in [0.25, 0.3) is 0 Å². The van der Waals surface area contributed by atoms with E-state index in [4.69, 9.17) is 0 Å². The summed E-state index contributed by atoms with van der Waals surface area (Å²) in [7, 11) is 0. The second-order valence-corrected chi connectivity index (χ2v) is 9.07. The summed E-state index contributed by atoms with van der Waals surface area (Å²) in [4.78, 5) is 0. The second kappa shape index (κ2) is 5.97. The molecule has 19 heavy (non-hydrogen) atoms. The maximum absolute atomic E-state index is 3.92. The largest absolute Gasteiger partial charge is 0.313 e. The molecule has 0 aromatic heterocycles. The van der Waals surface area contributed by atoms with Gasteiger partial charge in [-0.05, 0) is 81.9 Å². The van der Waals surface area contributed by atoms with Crippen LogP contribution in [0.4, 0.5) is 0 Å². The van der Waals surface area contributed by atoms with Gasteiger partial charge in [0.1, 0.15) is 0 Å². The SMILES string of the molecule is CCCNC(CC1CC2CCC1C2)C1(C)CCCS1. The summed E-state index contributed by atoms with van der Waals surface area (Å²) in [5.41, 5.74) is 0. The summed E-state index contributed by atoms with van der Waals surface area (Å²) in [5.74, 6) is 4.63. The van der Waals surface area contributed by atoms with E-state index in [-0.39, 0.29) is 0 Å². The first-order valence-electron chi connectivity index (χ1n) is 8.58. The Morgan fingerprint density at radius 1 is 1.32 bits per heavy atom. The summed E-state index contributed by atoms with van der Waals surface area (Å²) < 4.78 is 0.525. The molecule has 1 heterocycles. The molecule has 2 aliphatic carbocycles. The van der Waals surface area contributed by atoms with E-state index in [1.54, 1.807) is 25.7 Å². The standard InChI is InChI=1S/C17H31NS/c1-3-8-18-16(17(2)7-4-9-19-17)12-15-11-13-5-6-14(15)10-13/h13-16,18H,3-12H2,1-2H3. The highest BCUT2D eigenvalue weighted by Crippen LogP contribution is 2.52. The monoisotopic (exact) mass is 281 g/mol. The van der Waals surface area contributed by atoms with Crippen molar-refractivity contribution in [2.45, 2.75) is 76.0 Å². The van der Waals surface area contributed by atoms with Gasteiger partial charge >= 0.3 is 0 Å². The van der Waals surface area contributed by atoms with Gasteiger partial charge in [0, 0.05) is 10.8 Å². The van der Waals surface area contributed by atoms with Crippen molar-refractivity contribution in [2.24, 2.45) is 17.8 Å². The van der Waals surface area contributed by atoms with Crippen molar-refractivity contribution < 1.29 is 0 Å². The molecule has 0 aromatic carbocycles. The van der Waals surface area contributed by atoms with Crippen molar-refractivity contribution in [3.05, 3.63) is 0 Å². The zero-order valence-electron chi connectivity index (χ0n) is 12.8. The maximum atomic E-state index is 3.92. The van der Waals surface area contributed by atoms with E-state index in [1.807, 2.05) is 0 Å². The molecule has 1 nitrogen and oxygen atoms in total. The van der Waals surface area contributed by atoms with E-state index >= 15 is 0 Å². The van der Waals surface area contributed by atoms with E-state index in [2.05, 4.69) is 30.9 Å². The number of nitrogens with one attached hydrogen (secondary N) is 1. The molecule has 0 spiro atoms. The zero-order chi connectivity index (χ0) is 13.3. The zero-order valence-corrected chi connectivity index (χ0v) is 13.6. The lowest BCUT2D eigenvalue weighted by molar-refractivity contribution is 0.253. The van der Waals surface area contributed by atoms with Crippen LogP contribution in [-0.2, 0) is 0 Å². The Labute approximate surface area is 123 Å². The summed E-state index contributed by atoms with van der Waals surface area (Å²) in [6, 6.07) is 0.768. The van der Waals surface area contributed by atoms with Crippen LogP contribution < -0.4 is 5.32 Å². The lowest BCUT2D eigenvalue weighted by atomic mass is 9.80. The second-order valence-electron chi connectivity index (χ2n) is 7.44. The minimum atomic E-state index is 0.525. The van der Waals surface area contributed by atoms with E-state index in [1.165, 1.54) is 38.0 Å². The molecule has 0 amide bonds. The highest BCUT2D eigenvalue weighted by Gasteiger charge is 2.44. The van der Waals surface area contributed by atoms with E-state index in [9.17, 15) is 0 Å². The van der Waals surface area contributed by atoms with Crippen LogP contribution in [0.1, 0.15) is 65.2 Å². The van der Waals surface area contributed by atoms with Gasteiger partial charge in [0.05, 0.1) is 0 Å². The Kier molecular flexibility index (Phi) is 4.48. The molecule has 1 aliphatic heterocycles. The molecule has 2 saturated carbocycles. The van der Waals surface area contributed by atoms with Gasteiger partial charge in [0.2, 0.25) is 0 Å². The lowest BCUT2D eigenvalue weighted by Gasteiger charge is -2.37. The number of thioether (sulfide) groups is 1. The number of hydrogen-bond acceptors (Lipinski definition) is 2. The Bertz CT molecular complexity index is 298. The van der Waals surface area contributed by atoms with Crippen LogP contribution in [0.2, 0.25) is 0 Å². The highest BCUT2D eigenvalue weighted by molar-refractivity contribution is 8.00. The van der Waals surface area contributed by atoms with Crippen LogP contribution in [0.15, 0.2) is 0 Å². The van der Waals surface area contributed by atoms with Crippen LogP contribution >= 0.6 is 11.8 Å². The Balaban J connectivity index is 1.62. The molecule has 2 bridgehead atoms. The van der Waals surface area contributed by atoms with Crippen molar-refractivity contribution in [3.8, 4) is 0 Å².